The summed E-state index contributed by atoms with van der Waals surface area (Å²) in [5.74, 6) is 0. The van der Waals surface area contributed by atoms with Gasteiger partial charge in [0.25, 0.3) is 0 Å². The van der Waals surface area contributed by atoms with E-state index >= 15 is 0 Å². The molecular weight excluding hydrogens is 226 g/mol. The summed E-state index contributed by atoms with van der Waals surface area (Å²) >= 11 is 0. The molecule has 2 aromatic carbocycles. The zero-order valence-electron chi connectivity index (χ0n) is 10.1. The Hall–Kier alpha value is -2.49. The van der Waals surface area contributed by atoms with Crippen molar-refractivity contribution in [1.82, 2.24) is 0 Å². The van der Waals surface area contributed by atoms with E-state index in [-0.39, 0.29) is 6.03 Å². The van der Waals surface area contributed by atoms with Crippen molar-refractivity contribution >= 4 is 23.1 Å². The van der Waals surface area contributed by atoms with Gasteiger partial charge in [0.15, 0.2) is 0 Å². The van der Waals surface area contributed by atoms with Crippen molar-refractivity contribution in [2.24, 2.45) is 0 Å². The molecule has 3 N–H and O–H groups in total. The van der Waals surface area contributed by atoms with E-state index in [4.69, 9.17) is 0 Å². The minimum atomic E-state index is -0.255. The van der Waals surface area contributed by atoms with E-state index in [0.717, 1.165) is 17.1 Å². The number of anilines is 3. The summed E-state index contributed by atoms with van der Waals surface area (Å²) in [6, 6.07) is 16.6. The van der Waals surface area contributed by atoms with E-state index < -0.39 is 0 Å². The fourth-order valence-corrected chi connectivity index (χ4v) is 1.57. The third-order valence-corrected chi connectivity index (χ3v) is 2.44. The Morgan fingerprint density at radius 1 is 0.833 bits per heavy atom. The molecule has 0 aromatic heterocycles. The van der Waals surface area contributed by atoms with Crippen molar-refractivity contribution in [3.05, 3.63) is 54.6 Å². The molecule has 0 unspecified atom stereocenters. The SMILES string of the molecule is CNc1cccc(NC(=O)Nc2ccccc2)c1. The van der Waals surface area contributed by atoms with E-state index in [2.05, 4.69) is 16.0 Å². The molecule has 0 fully saturated rings. The maximum absolute atomic E-state index is 11.7. The zero-order valence-corrected chi connectivity index (χ0v) is 10.1. The highest BCUT2D eigenvalue weighted by Gasteiger charge is 2.02. The zero-order chi connectivity index (χ0) is 12.8. The Morgan fingerprint density at radius 3 is 2.17 bits per heavy atom. The monoisotopic (exact) mass is 241 g/mol. The molecule has 0 spiro atoms. The molecular formula is C14H15N3O. The van der Waals surface area contributed by atoms with Crippen molar-refractivity contribution in [2.75, 3.05) is 23.0 Å². The Morgan fingerprint density at radius 2 is 1.44 bits per heavy atom. The number of hydrogen-bond acceptors (Lipinski definition) is 2. The second kappa shape index (κ2) is 5.72. The van der Waals surface area contributed by atoms with E-state index in [0.29, 0.717) is 0 Å². The van der Waals surface area contributed by atoms with Crippen molar-refractivity contribution < 1.29 is 4.79 Å². The molecule has 4 nitrogen and oxygen atoms in total. The van der Waals surface area contributed by atoms with Gasteiger partial charge in [-0.15, -0.1) is 0 Å². The highest BCUT2D eigenvalue weighted by molar-refractivity contribution is 5.99. The van der Waals surface area contributed by atoms with Crippen LogP contribution in [0.1, 0.15) is 0 Å². The number of amides is 2. The summed E-state index contributed by atoms with van der Waals surface area (Å²) in [7, 11) is 1.84. The van der Waals surface area contributed by atoms with Gasteiger partial charge in [0, 0.05) is 24.1 Å². The number of benzene rings is 2. The number of rotatable bonds is 3. The van der Waals surface area contributed by atoms with Gasteiger partial charge in [0.05, 0.1) is 0 Å². The second-order valence-corrected chi connectivity index (χ2v) is 3.78. The molecule has 0 aliphatic rings. The van der Waals surface area contributed by atoms with Crippen LogP contribution in [0.15, 0.2) is 54.6 Å². The predicted molar refractivity (Wildman–Crippen MR) is 75.1 cm³/mol. The van der Waals surface area contributed by atoms with Crippen LogP contribution in [0.25, 0.3) is 0 Å². The summed E-state index contributed by atoms with van der Waals surface area (Å²) in [6.45, 7) is 0. The number of carbonyl (C=O) groups is 1. The summed E-state index contributed by atoms with van der Waals surface area (Å²) in [4.78, 5) is 11.7. The van der Waals surface area contributed by atoms with Crippen LogP contribution < -0.4 is 16.0 Å². The van der Waals surface area contributed by atoms with Gasteiger partial charge >= 0.3 is 6.03 Å². The summed E-state index contributed by atoms with van der Waals surface area (Å²) in [5, 5.41) is 8.55. The van der Waals surface area contributed by atoms with Crippen LogP contribution >= 0.6 is 0 Å². The van der Waals surface area contributed by atoms with Crippen LogP contribution in [-0.4, -0.2) is 13.1 Å². The maximum atomic E-state index is 11.7. The normalized spacial score (nSPS) is 9.61. The molecule has 4 heteroatoms. The molecule has 18 heavy (non-hydrogen) atoms. The fraction of sp³-hybridized carbons (Fsp3) is 0.0714. The number of carbonyl (C=O) groups excluding carboxylic acids is 1. The summed E-state index contributed by atoms with van der Waals surface area (Å²) in [6.07, 6.45) is 0. The lowest BCUT2D eigenvalue weighted by atomic mass is 10.3. The molecule has 0 heterocycles. The van der Waals surface area contributed by atoms with E-state index in [1.165, 1.54) is 0 Å². The molecule has 0 saturated heterocycles. The molecule has 0 atom stereocenters. The van der Waals surface area contributed by atoms with Crippen molar-refractivity contribution in [2.45, 2.75) is 0 Å². The highest BCUT2D eigenvalue weighted by atomic mass is 16.2. The topological polar surface area (TPSA) is 53.2 Å². The Kier molecular flexibility index (Phi) is 3.81. The van der Waals surface area contributed by atoms with Gasteiger partial charge in [-0.25, -0.2) is 4.79 Å². The largest absolute Gasteiger partial charge is 0.388 e. The maximum Gasteiger partial charge on any atom is 0.323 e. The molecule has 92 valence electrons. The van der Waals surface area contributed by atoms with Crippen LogP contribution in [0.5, 0.6) is 0 Å². The first-order valence-corrected chi connectivity index (χ1v) is 5.69. The first-order chi connectivity index (χ1) is 8.78. The Bertz CT molecular complexity index is 526. The second-order valence-electron chi connectivity index (χ2n) is 3.78. The molecule has 2 rings (SSSR count). The lowest BCUT2D eigenvalue weighted by Crippen LogP contribution is -2.19. The van der Waals surface area contributed by atoms with Crippen LogP contribution in [0.4, 0.5) is 21.9 Å². The first kappa shape index (κ1) is 12.0. The smallest absolute Gasteiger partial charge is 0.323 e. The van der Waals surface area contributed by atoms with E-state index in [9.17, 15) is 4.79 Å². The number of nitrogens with one attached hydrogen (secondary N) is 3. The first-order valence-electron chi connectivity index (χ1n) is 5.69. The lowest BCUT2D eigenvalue weighted by molar-refractivity contribution is 0.262. The number of para-hydroxylation sites is 1. The summed E-state index contributed by atoms with van der Waals surface area (Å²) in [5.41, 5.74) is 2.46. The Labute approximate surface area is 106 Å². The van der Waals surface area contributed by atoms with E-state index in [1.54, 1.807) is 0 Å². The van der Waals surface area contributed by atoms with Gasteiger partial charge in [-0.05, 0) is 30.3 Å². The average molecular weight is 241 g/mol. The van der Waals surface area contributed by atoms with Crippen molar-refractivity contribution in [3.63, 3.8) is 0 Å². The molecule has 0 aliphatic carbocycles. The van der Waals surface area contributed by atoms with Gasteiger partial charge in [0.2, 0.25) is 0 Å². The Balaban J connectivity index is 1.99. The van der Waals surface area contributed by atoms with Crippen LogP contribution in [0.3, 0.4) is 0 Å². The van der Waals surface area contributed by atoms with Crippen LogP contribution in [0, 0.1) is 0 Å². The summed E-state index contributed by atoms with van der Waals surface area (Å²) < 4.78 is 0. The quantitative estimate of drug-likeness (QED) is 0.771. The van der Waals surface area contributed by atoms with Gasteiger partial charge in [-0.3, -0.25) is 0 Å². The van der Waals surface area contributed by atoms with Gasteiger partial charge in [-0.2, -0.15) is 0 Å². The predicted octanol–water partition coefficient (Wildman–Crippen LogP) is 3.37. The highest BCUT2D eigenvalue weighted by Crippen LogP contribution is 2.14. The molecule has 2 amide bonds. The van der Waals surface area contributed by atoms with Crippen LogP contribution in [0.2, 0.25) is 0 Å². The molecule has 0 radical (unpaired) electrons. The van der Waals surface area contributed by atoms with Gasteiger partial charge in [0.1, 0.15) is 0 Å². The molecule has 2 aromatic rings. The minimum absolute atomic E-state index is 0.255. The minimum Gasteiger partial charge on any atom is -0.388 e. The third kappa shape index (κ3) is 3.25. The molecule has 0 aliphatic heterocycles. The molecule has 0 bridgehead atoms. The van der Waals surface area contributed by atoms with Gasteiger partial charge < -0.3 is 16.0 Å². The lowest BCUT2D eigenvalue weighted by Gasteiger charge is -2.08. The number of hydrogen-bond donors (Lipinski definition) is 3. The fourth-order valence-electron chi connectivity index (χ4n) is 1.57. The average Bonchev–Trinajstić information content (AvgIpc) is 2.40. The van der Waals surface area contributed by atoms with Crippen LogP contribution in [-0.2, 0) is 0 Å². The van der Waals surface area contributed by atoms with Gasteiger partial charge in [-0.1, -0.05) is 24.3 Å². The third-order valence-electron chi connectivity index (χ3n) is 2.44. The number of urea groups is 1. The standard InChI is InChI=1S/C14H15N3O/c1-15-12-8-5-9-13(10-12)17-14(18)16-11-6-3-2-4-7-11/h2-10,15H,1H3,(H2,16,17,18). The van der Waals surface area contributed by atoms with Crippen molar-refractivity contribution in [3.8, 4) is 0 Å². The molecule has 0 saturated carbocycles. The van der Waals surface area contributed by atoms with E-state index in [1.807, 2.05) is 61.6 Å². The van der Waals surface area contributed by atoms with Crippen molar-refractivity contribution in [1.29, 1.82) is 0 Å².